The number of nitrogens with zero attached hydrogens (tertiary/aromatic N) is 2. The predicted molar refractivity (Wildman–Crippen MR) is 122 cm³/mol. The van der Waals surface area contributed by atoms with Crippen molar-refractivity contribution >= 4 is 17.5 Å². The van der Waals surface area contributed by atoms with Gasteiger partial charge in [0.05, 0.1) is 18.2 Å². The van der Waals surface area contributed by atoms with Crippen LogP contribution in [0.1, 0.15) is 34.8 Å². The number of fused-ring (bicyclic) bond motifs is 1. The highest BCUT2D eigenvalue weighted by atomic mass is 35.5. The van der Waals surface area contributed by atoms with Gasteiger partial charge < -0.3 is 19.7 Å². The van der Waals surface area contributed by atoms with Gasteiger partial charge >= 0.3 is 0 Å². The van der Waals surface area contributed by atoms with Crippen molar-refractivity contribution in [2.75, 3.05) is 53.0 Å². The van der Waals surface area contributed by atoms with E-state index in [1.165, 1.54) is 5.56 Å². The summed E-state index contributed by atoms with van der Waals surface area (Å²) in [6.45, 7) is 5.78. The third kappa shape index (κ3) is 5.50. The fourth-order valence-electron chi connectivity index (χ4n) is 4.16. The lowest BCUT2D eigenvalue weighted by molar-refractivity contribution is 0.0865. The molecule has 2 aliphatic rings. The van der Waals surface area contributed by atoms with Gasteiger partial charge in [0.1, 0.15) is 0 Å². The predicted octanol–water partition coefficient (Wildman–Crippen LogP) is 3.61. The second-order valence-electron chi connectivity index (χ2n) is 8.17. The summed E-state index contributed by atoms with van der Waals surface area (Å²) >= 11 is 6.32. The molecule has 1 fully saturated rings. The van der Waals surface area contributed by atoms with Gasteiger partial charge in [-0.25, -0.2) is 0 Å². The van der Waals surface area contributed by atoms with Crippen LogP contribution in [0.5, 0.6) is 11.5 Å². The van der Waals surface area contributed by atoms with Crippen molar-refractivity contribution in [3.05, 3.63) is 58.6 Å². The number of hydrogen-bond acceptors (Lipinski definition) is 5. The molecule has 1 N–H and O–H groups in total. The number of hydrogen-bond donors (Lipinski definition) is 1. The number of carbonyl (C=O) groups is 1. The second kappa shape index (κ2) is 10.4. The monoisotopic (exact) mass is 443 g/mol. The highest BCUT2D eigenvalue weighted by Crippen LogP contribution is 2.38. The Bertz CT molecular complexity index is 893. The first kappa shape index (κ1) is 21.9. The molecule has 2 aliphatic heterocycles. The zero-order valence-electron chi connectivity index (χ0n) is 18.0. The standard InChI is InChI=1S/C24H30ClN3O3/c1-27-11-12-28(21(17-27)18-7-3-2-4-8-18)10-5-9-26-24(29)19-15-20(25)23-22(16-19)30-13-6-14-31-23/h2-4,7-8,15-16,21H,5-6,9-14,17H2,1H3,(H,26,29). The molecule has 7 heteroatoms. The molecule has 0 spiro atoms. The van der Waals surface area contributed by atoms with Crippen LogP contribution in [0.15, 0.2) is 42.5 Å². The molecule has 1 atom stereocenters. The Balaban J connectivity index is 1.31. The minimum Gasteiger partial charge on any atom is -0.489 e. The number of piperazine rings is 1. The maximum absolute atomic E-state index is 12.7. The highest BCUT2D eigenvalue weighted by Gasteiger charge is 2.26. The largest absolute Gasteiger partial charge is 0.489 e. The topological polar surface area (TPSA) is 54.0 Å². The molecule has 2 aromatic rings. The van der Waals surface area contributed by atoms with E-state index < -0.39 is 0 Å². The molecule has 1 saturated heterocycles. The maximum atomic E-state index is 12.7. The molecule has 6 nitrogen and oxygen atoms in total. The van der Waals surface area contributed by atoms with Gasteiger partial charge in [0.25, 0.3) is 5.91 Å². The van der Waals surface area contributed by atoms with Crippen LogP contribution in [0.25, 0.3) is 0 Å². The maximum Gasteiger partial charge on any atom is 0.251 e. The third-order valence-corrected chi connectivity index (χ3v) is 6.13. The van der Waals surface area contributed by atoms with Crippen LogP contribution in [-0.4, -0.2) is 68.7 Å². The molecule has 0 radical (unpaired) electrons. The van der Waals surface area contributed by atoms with Crippen molar-refractivity contribution in [1.82, 2.24) is 15.1 Å². The Morgan fingerprint density at radius 1 is 1.16 bits per heavy atom. The zero-order chi connectivity index (χ0) is 21.6. The molecule has 31 heavy (non-hydrogen) atoms. The number of amides is 1. The number of nitrogens with one attached hydrogen (secondary N) is 1. The summed E-state index contributed by atoms with van der Waals surface area (Å²) in [6.07, 6.45) is 1.68. The van der Waals surface area contributed by atoms with Gasteiger partial charge in [-0.2, -0.15) is 0 Å². The summed E-state index contributed by atoms with van der Waals surface area (Å²) in [7, 11) is 2.17. The van der Waals surface area contributed by atoms with E-state index in [1.807, 2.05) is 0 Å². The Hall–Kier alpha value is -2.28. The fraction of sp³-hybridized carbons (Fsp3) is 0.458. The lowest BCUT2D eigenvalue weighted by atomic mass is 10.0. The minimum atomic E-state index is -0.143. The quantitative estimate of drug-likeness (QED) is 0.691. The lowest BCUT2D eigenvalue weighted by Gasteiger charge is -2.40. The van der Waals surface area contributed by atoms with Gasteiger partial charge in [0, 0.05) is 50.7 Å². The average Bonchev–Trinajstić information content (AvgIpc) is 3.04. The van der Waals surface area contributed by atoms with E-state index in [9.17, 15) is 4.79 Å². The Kier molecular flexibility index (Phi) is 7.33. The summed E-state index contributed by atoms with van der Waals surface area (Å²) in [5.74, 6) is 0.923. The third-order valence-electron chi connectivity index (χ3n) is 5.85. The normalized spacial score (nSPS) is 19.6. The van der Waals surface area contributed by atoms with Crippen molar-refractivity contribution in [3.63, 3.8) is 0 Å². The lowest BCUT2D eigenvalue weighted by Crippen LogP contribution is -2.47. The van der Waals surface area contributed by atoms with Crippen molar-refractivity contribution in [2.45, 2.75) is 18.9 Å². The van der Waals surface area contributed by atoms with Gasteiger partial charge in [0.2, 0.25) is 0 Å². The average molecular weight is 444 g/mol. The molecular formula is C24H30ClN3O3. The smallest absolute Gasteiger partial charge is 0.251 e. The van der Waals surface area contributed by atoms with Crippen LogP contribution in [0.3, 0.4) is 0 Å². The molecule has 2 heterocycles. The number of rotatable bonds is 6. The fourth-order valence-corrected chi connectivity index (χ4v) is 4.43. The van der Waals surface area contributed by atoms with Gasteiger partial charge in [-0.1, -0.05) is 41.9 Å². The van der Waals surface area contributed by atoms with Gasteiger partial charge in [-0.05, 0) is 31.2 Å². The first-order chi connectivity index (χ1) is 15.1. The molecule has 0 aromatic heterocycles. The van der Waals surface area contributed by atoms with E-state index in [4.69, 9.17) is 21.1 Å². The SMILES string of the molecule is CN1CCN(CCCNC(=O)c2cc(Cl)c3c(c2)OCCCO3)C(c2ccccc2)C1. The molecule has 1 amide bonds. The van der Waals surface area contributed by atoms with E-state index in [0.717, 1.165) is 39.0 Å². The Morgan fingerprint density at radius 2 is 1.97 bits per heavy atom. The van der Waals surface area contributed by atoms with Crippen LogP contribution in [0.2, 0.25) is 5.02 Å². The highest BCUT2D eigenvalue weighted by molar-refractivity contribution is 6.32. The molecule has 1 unspecified atom stereocenters. The Labute approximate surface area is 189 Å². The molecule has 2 aromatic carbocycles. The molecule has 0 bridgehead atoms. The first-order valence-electron chi connectivity index (χ1n) is 11.0. The van der Waals surface area contributed by atoms with E-state index in [0.29, 0.717) is 47.9 Å². The van der Waals surface area contributed by atoms with Gasteiger partial charge in [-0.15, -0.1) is 0 Å². The molecule has 166 valence electrons. The molecule has 4 rings (SSSR count). The van der Waals surface area contributed by atoms with E-state index >= 15 is 0 Å². The van der Waals surface area contributed by atoms with Crippen LogP contribution >= 0.6 is 11.6 Å². The summed E-state index contributed by atoms with van der Waals surface area (Å²) in [4.78, 5) is 17.6. The van der Waals surface area contributed by atoms with Crippen molar-refractivity contribution < 1.29 is 14.3 Å². The number of halogens is 1. The van der Waals surface area contributed by atoms with Crippen molar-refractivity contribution in [2.24, 2.45) is 0 Å². The summed E-state index contributed by atoms with van der Waals surface area (Å²) in [6, 6.07) is 14.4. The molecule has 0 aliphatic carbocycles. The summed E-state index contributed by atoms with van der Waals surface area (Å²) in [5.41, 5.74) is 1.84. The molecular weight excluding hydrogens is 414 g/mol. The second-order valence-corrected chi connectivity index (χ2v) is 8.58. The van der Waals surface area contributed by atoms with Crippen LogP contribution < -0.4 is 14.8 Å². The van der Waals surface area contributed by atoms with E-state index in [-0.39, 0.29) is 5.91 Å². The summed E-state index contributed by atoms with van der Waals surface area (Å²) in [5, 5.41) is 3.43. The zero-order valence-corrected chi connectivity index (χ0v) is 18.7. The number of ether oxygens (including phenoxy) is 2. The number of benzene rings is 2. The van der Waals surface area contributed by atoms with Crippen molar-refractivity contribution in [1.29, 1.82) is 0 Å². The van der Waals surface area contributed by atoms with E-state index in [2.05, 4.69) is 52.5 Å². The van der Waals surface area contributed by atoms with Crippen LogP contribution in [0.4, 0.5) is 0 Å². The van der Waals surface area contributed by atoms with E-state index in [1.54, 1.807) is 12.1 Å². The Morgan fingerprint density at radius 3 is 2.81 bits per heavy atom. The molecule has 0 saturated carbocycles. The van der Waals surface area contributed by atoms with Crippen LogP contribution in [-0.2, 0) is 0 Å². The number of likely N-dealkylation sites (N-methyl/N-ethyl adjacent to an activating group) is 1. The van der Waals surface area contributed by atoms with Gasteiger partial charge in [-0.3, -0.25) is 9.69 Å². The first-order valence-corrected chi connectivity index (χ1v) is 11.3. The van der Waals surface area contributed by atoms with Crippen LogP contribution in [0, 0.1) is 0 Å². The van der Waals surface area contributed by atoms with Gasteiger partial charge in [0.15, 0.2) is 11.5 Å². The minimum absolute atomic E-state index is 0.143. The van der Waals surface area contributed by atoms with Crippen molar-refractivity contribution in [3.8, 4) is 11.5 Å². The number of carbonyl (C=O) groups excluding carboxylic acids is 1. The summed E-state index contributed by atoms with van der Waals surface area (Å²) < 4.78 is 11.3.